The molecule has 0 unspecified atom stereocenters. The van der Waals surface area contributed by atoms with Crippen LogP contribution in [0.15, 0.2) is 35.9 Å². The van der Waals surface area contributed by atoms with E-state index in [0.29, 0.717) is 5.92 Å². The number of rotatable bonds is 2. The molecule has 0 aromatic heterocycles. The summed E-state index contributed by atoms with van der Waals surface area (Å²) in [7, 11) is 0. The third kappa shape index (κ3) is 2.73. The Morgan fingerprint density at radius 3 is 2.80 bits per heavy atom. The molecule has 0 amide bonds. The molecule has 0 saturated carbocycles. The zero-order valence-corrected chi connectivity index (χ0v) is 12.7. The molecule has 2 aliphatic rings. The SMILES string of the molecule is CC1=C(c2ccc([C@@H]3CCCNC3)c(C)c2)C=CCC1. The van der Waals surface area contributed by atoms with Crippen LogP contribution < -0.4 is 5.32 Å². The van der Waals surface area contributed by atoms with Gasteiger partial charge in [0.25, 0.3) is 0 Å². The summed E-state index contributed by atoms with van der Waals surface area (Å²) < 4.78 is 0. The molecule has 0 bridgehead atoms. The molecule has 1 atom stereocenters. The summed E-state index contributed by atoms with van der Waals surface area (Å²) in [5.41, 5.74) is 7.35. The quantitative estimate of drug-likeness (QED) is 0.826. The molecular weight excluding hydrogens is 242 g/mol. The maximum atomic E-state index is 3.53. The number of piperidine rings is 1. The molecular formula is C19H25N. The van der Waals surface area contributed by atoms with Gasteiger partial charge in [-0.3, -0.25) is 0 Å². The van der Waals surface area contributed by atoms with Gasteiger partial charge in [0.2, 0.25) is 0 Å². The molecule has 1 heteroatoms. The van der Waals surface area contributed by atoms with Gasteiger partial charge in [-0.1, -0.05) is 35.9 Å². The molecule has 1 aliphatic carbocycles. The van der Waals surface area contributed by atoms with Crippen molar-refractivity contribution in [1.29, 1.82) is 0 Å². The van der Waals surface area contributed by atoms with Gasteiger partial charge in [0.15, 0.2) is 0 Å². The summed E-state index contributed by atoms with van der Waals surface area (Å²) in [6.07, 6.45) is 9.64. The van der Waals surface area contributed by atoms with Crippen LogP contribution in [0, 0.1) is 6.92 Å². The highest BCUT2D eigenvalue weighted by atomic mass is 14.9. The lowest BCUT2D eigenvalue weighted by atomic mass is 9.86. The highest BCUT2D eigenvalue weighted by Gasteiger charge is 2.17. The van der Waals surface area contributed by atoms with Crippen LogP contribution in [-0.4, -0.2) is 13.1 Å². The van der Waals surface area contributed by atoms with Crippen molar-refractivity contribution in [3.05, 3.63) is 52.6 Å². The lowest BCUT2D eigenvalue weighted by molar-refractivity contribution is 0.460. The van der Waals surface area contributed by atoms with Crippen LogP contribution in [0.5, 0.6) is 0 Å². The number of benzene rings is 1. The largest absolute Gasteiger partial charge is 0.316 e. The molecule has 1 saturated heterocycles. The first kappa shape index (κ1) is 13.6. The van der Waals surface area contributed by atoms with Crippen LogP contribution in [0.4, 0.5) is 0 Å². The van der Waals surface area contributed by atoms with Gasteiger partial charge >= 0.3 is 0 Å². The van der Waals surface area contributed by atoms with E-state index in [2.05, 4.69) is 49.5 Å². The second-order valence-electron chi connectivity index (χ2n) is 6.25. The Kier molecular flexibility index (Phi) is 4.07. The zero-order valence-electron chi connectivity index (χ0n) is 12.7. The second kappa shape index (κ2) is 5.97. The summed E-state index contributed by atoms with van der Waals surface area (Å²) in [5, 5.41) is 3.53. The zero-order chi connectivity index (χ0) is 13.9. The van der Waals surface area contributed by atoms with Crippen LogP contribution >= 0.6 is 0 Å². The maximum Gasteiger partial charge on any atom is 0.00202 e. The fourth-order valence-corrected chi connectivity index (χ4v) is 3.54. The van der Waals surface area contributed by atoms with Crippen molar-refractivity contribution in [3.8, 4) is 0 Å². The van der Waals surface area contributed by atoms with Crippen molar-refractivity contribution in [3.63, 3.8) is 0 Å². The topological polar surface area (TPSA) is 12.0 Å². The Hall–Kier alpha value is -1.34. The number of allylic oxidation sites excluding steroid dienone is 4. The lowest BCUT2D eigenvalue weighted by Crippen LogP contribution is -2.28. The summed E-state index contributed by atoms with van der Waals surface area (Å²) >= 11 is 0. The van der Waals surface area contributed by atoms with Crippen molar-refractivity contribution in [2.45, 2.75) is 45.4 Å². The van der Waals surface area contributed by atoms with Gasteiger partial charge in [-0.25, -0.2) is 0 Å². The van der Waals surface area contributed by atoms with E-state index < -0.39 is 0 Å². The van der Waals surface area contributed by atoms with Gasteiger partial charge in [0, 0.05) is 6.54 Å². The van der Waals surface area contributed by atoms with Crippen molar-refractivity contribution < 1.29 is 0 Å². The Bertz CT molecular complexity index is 545. The van der Waals surface area contributed by atoms with E-state index in [1.807, 2.05) is 0 Å². The standard InChI is InChI=1S/C19H25N/c1-14-6-3-4-8-18(14)16-9-10-19(15(2)12-16)17-7-5-11-20-13-17/h4,8-10,12,17,20H,3,5-7,11,13H2,1-2H3/t17-/m1/s1. The van der Waals surface area contributed by atoms with Crippen LogP contribution in [0.2, 0.25) is 0 Å². The van der Waals surface area contributed by atoms with Crippen molar-refractivity contribution in [2.75, 3.05) is 13.1 Å². The summed E-state index contributed by atoms with van der Waals surface area (Å²) in [5.74, 6) is 0.703. The highest BCUT2D eigenvalue weighted by molar-refractivity contribution is 5.77. The number of aryl methyl sites for hydroxylation is 1. The van der Waals surface area contributed by atoms with Crippen molar-refractivity contribution in [1.82, 2.24) is 5.32 Å². The predicted octanol–water partition coefficient (Wildman–Crippen LogP) is 4.59. The first-order chi connectivity index (χ1) is 9.75. The second-order valence-corrected chi connectivity index (χ2v) is 6.25. The minimum Gasteiger partial charge on any atom is -0.316 e. The normalized spacial score (nSPS) is 23.2. The van der Waals surface area contributed by atoms with E-state index in [1.54, 1.807) is 5.56 Å². The fourth-order valence-electron chi connectivity index (χ4n) is 3.54. The number of hydrogen-bond donors (Lipinski definition) is 1. The molecule has 1 fully saturated rings. The van der Waals surface area contributed by atoms with Crippen molar-refractivity contribution >= 4 is 5.57 Å². The summed E-state index contributed by atoms with van der Waals surface area (Å²) in [6.45, 7) is 6.87. The van der Waals surface area contributed by atoms with Crippen molar-refractivity contribution in [2.24, 2.45) is 0 Å². The van der Waals surface area contributed by atoms with Crippen LogP contribution in [0.1, 0.15) is 55.2 Å². The molecule has 0 radical (unpaired) electrons. The molecule has 1 nitrogen and oxygen atoms in total. The van der Waals surface area contributed by atoms with Crippen LogP contribution in [0.25, 0.3) is 5.57 Å². The van der Waals surface area contributed by atoms with E-state index in [-0.39, 0.29) is 0 Å². The molecule has 3 rings (SSSR count). The van der Waals surface area contributed by atoms with Crippen LogP contribution in [0.3, 0.4) is 0 Å². The first-order valence-electron chi connectivity index (χ1n) is 7.93. The minimum atomic E-state index is 0.703. The van der Waals surface area contributed by atoms with Gasteiger partial charge in [-0.2, -0.15) is 0 Å². The molecule has 1 N–H and O–H groups in total. The Morgan fingerprint density at radius 1 is 1.20 bits per heavy atom. The fraction of sp³-hybridized carbons (Fsp3) is 0.474. The van der Waals surface area contributed by atoms with Gasteiger partial charge in [-0.15, -0.1) is 0 Å². The predicted molar refractivity (Wildman–Crippen MR) is 87.0 cm³/mol. The van der Waals surface area contributed by atoms with E-state index in [4.69, 9.17) is 0 Å². The van der Waals surface area contributed by atoms with Gasteiger partial charge in [0.05, 0.1) is 0 Å². The molecule has 0 spiro atoms. The number of hydrogen-bond acceptors (Lipinski definition) is 1. The van der Waals surface area contributed by atoms with Gasteiger partial charge < -0.3 is 5.32 Å². The Morgan fingerprint density at radius 2 is 2.10 bits per heavy atom. The lowest BCUT2D eigenvalue weighted by Gasteiger charge is -2.25. The summed E-state index contributed by atoms with van der Waals surface area (Å²) in [4.78, 5) is 0. The molecule has 1 aromatic rings. The summed E-state index contributed by atoms with van der Waals surface area (Å²) in [6, 6.07) is 7.08. The maximum absolute atomic E-state index is 3.53. The van der Waals surface area contributed by atoms with Crippen LogP contribution in [-0.2, 0) is 0 Å². The third-order valence-electron chi connectivity index (χ3n) is 4.75. The average molecular weight is 267 g/mol. The van der Waals surface area contributed by atoms with E-state index in [0.717, 1.165) is 6.54 Å². The van der Waals surface area contributed by atoms with Gasteiger partial charge in [-0.05, 0) is 74.3 Å². The smallest absolute Gasteiger partial charge is 0.00202 e. The molecule has 20 heavy (non-hydrogen) atoms. The van der Waals surface area contributed by atoms with E-state index in [1.165, 1.54) is 54.5 Å². The molecule has 1 heterocycles. The van der Waals surface area contributed by atoms with E-state index >= 15 is 0 Å². The average Bonchev–Trinajstić information content (AvgIpc) is 2.48. The Labute approximate surface area is 122 Å². The van der Waals surface area contributed by atoms with Gasteiger partial charge in [0.1, 0.15) is 0 Å². The molecule has 106 valence electrons. The monoisotopic (exact) mass is 267 g/mol. The third-order valence-corrected chi connectivity index (χ3v) is 4.75. The molecule has 1 aromatic carbocycles. The highest BCUT2D eigenvalue weighted by Crippen LogP contribution is 2.31. The Balaban J connectivity index is 1.89. The minimum absolute atomic E-state index is 0.703. The number of nitrogens with one attached hydrogen (secondary N) is 1. The van der Waals surface area contributed by atoms with E-state index in [9.17, 15) is 0 Å². The first-order valence-corrected chi connectivity index (χ1v) is 7.93. The molecule has 1 aliphatic heterocycles.